The molecule has 64 heavy (non-hydrogen) atoms. The van der Waals surface area contributed by atoms with E-state index in [0.717, 1.165) is 84.4 Å². The zero-order valence-corrected chi connectivity index (χ0v) is 42.0. The first-order valence-corrected chi connectivity index (χ1v) is 29.3. The van der Waals surface area contributed by atoms with Crippen LogP contribution >= 0.6 is 0 Å². The van der Waals surface area contributed by atoms with E-state index in [1.54, 1.807) is 4.40 Å². The quantitative estimate of drug-likeness (QED) is 0.107. The van der Waals surface area contributed by atoms with Gasteiger partial charge in [-0.05, 0) is 46.3 Å². The van der Waals surface area contributed by atoms with Gasteiger partial charge in [-0.25, -0.2) is 0 Å². The van der Waals surface area contributed by atoms with Crippen molar-refractivity contribution in [3.63, 3.8) is 0 Å². The van der Waals surface area contributed by atoms with Crippen LogP contribution in [0.4, 0.5) is 0 Å². The van der Waals surface area contributed by atoms with Gasteiger partial charge in [0, 0.05) is 36.6 Å². The van der Waals surface area contributed by atoms with Crippen molar-refractivity contribution in [2.75, 3.05) is 0 Å². The predicted molar refractivity (Wildman–Crippen MR) is 265 cm³/mol. The average molecular weight is 1070 g/mol. The number of para-hydroxylation sites is 4. The van der Waals surface area contributed by atoms with Crippen LogP contribution in [0, 0.1) is 18.2 Å². The standard InChI is InChI=1S/C39H28N3O.C18H24GeN.Ir/c1-25(2)29-17-11-20-32-33-23-28(24-40-39(33)43-37(29)32)38-41-34-21-9-10-22-35(34)42(38)36-30(26-13-5-3-6-14-26)18-12-19-31(36)27-15-7-4-8-16-27;1-14(2)11-16-12-18(15-9-7-6-8-10-15)20-13-17(16)19(3,4)5;/h3-23,25H,1-2H3;6-9,12-14H,11H2,1-5H3;/q2*-1;. The zero-order chi connectivity index (χ0) is 43.7. The van der Waals surface area contributed by atoms with Crippen LogP contribution in [0.3, 0.4) is 0 Å². The first kappa shape index (κ1) is 44.7. The molecular weight excluding hydrogens is 1020 g/mol. The van der Waals surface area contributed by atoms with Gasteiger partial charge in [0.1, 0.15) is 11.3 Å². The van der Waals surface area contributed by atoms with E-state index < -0.39 is 13.3 Å². The molecule has 321 valence electrons. The summed E-state index contributed by atoms with van der Waals surface area (Å²) in [6.45, 7) is 8.94. The van der Waals surface area contributed by atoms with Crippen LogP contribution in [0.1, 0.15) is 44.7 Å². The fourth-order valence-electron chi connectivity index (χ4n) is 8.63. The molecule has 0 amide bonds. The molecule has 5 nitrogen and oxygen atoms in total. The maximum absolute atomic E-state index is 6.29. The number of aromatic nitrogens is 4. The van der Waals surface area contributed by atoms with Crippen molar-refractivity contribution in [1.29, 1.82) is 0 Å². The molecular formula is C57H52GeIrN4O-2. The molecule has 0 atom stereocenters. The Bertz CT molecular complexity index is 3130. The molecule has 0 aliphatic heterocycles. The Labute approximate surface area is 393 Å². The summed E-state index contributed by atoms with van der Waals surface area (Å²) >= 11 is -1.86. The molecule has 4 aromatic heterocycles. The summed E-state index contributed by atoms with van der Waals surface area (Å²) in [4.78, 5) is 14.6. The third-order valence-electron chi connectivity index (χ3n) is 11.6. The maximum atomic E-state index is 6.29. The molecule has 0 N–H and O–H groups in total. The number of fused-ring (bicyclic) bond motifs is 4. The molecule has 6 aromatic carbocycles. The average Bonchev–Trinajstić information content (AvgIpc) is 3.88. The Morgan fingerprint density at radius 3 is 1.97 bits per heavy atom. The Hall–Kier alpha value is -5.92. The molecule has 0 fully saturated rings. The molecule has 7 heteroatoms. The van der Waals surface area contributed by atoms with Crippen LogP contribution in [0.5, 0.6) is 0 Å². The number of nitrogens with zero attached hydrogens (tertiary/aromatic N) is 4. The molecule has 4 heterocycles. The first-order valence-electron chi connectivity index (χ1n) is 22.0. The van der Waals surface area contributed by atoms with Crippen LogP contribution in [0.25, 0.3) is 83.7 Å². The van der Waals surface area contributed by atoms with Crippen molar-refractivity contribution in [3.05, 3.63) is 187 Å². The second kappa shape index (κ2) is 19.0. The Morgan fingerprint density at radius 1 is 0.672 bits per heavy atom. The van der Waals surface area contributed by atoms with Crippen molar-refractivity contribution >= 4 is 50.8 Å². The monoisotopic (exact) mass is 1080 g/mol. The summed E-state index contributed by atoms with van der Waals surface area (Å²) in [5.41, 5.74) is 14.6. The van der Waals surface area contributed by atoms with Gasteiger partial charge in [-0.1, -0.05) is 129 Å². The topological polar surface area (TPSA) is 56.7 Å². The van der Waals surface area contributed by atoms with Gasteiger partial charge in [0.2, 0.25) is 0 Å². The van der Waals surface area contributed by atoms with Crippen molar-refractivity contribution in [1.82, 2.24) is 19.5 Å². The normalized spacial score (nSPS) is 11.6. The Morgan fingerprint density at radius 2 is 1.33 bits per heavy atom. The fourth-order valence-corrected chi connectivity index (χ4v) is 12.0. The van der Waals surface area contributed by atoms with Gasteiger partial charge in [-0.15, -0.1) is 6.07 Å². The molecule has 0 aliphatic rings. The van der Waals surface area contributed by atoms with E-state index >= 15 is 0 Å². The minimum atomic E-state index is -1.86. The number of imidazole rings is 1. The molecule has 0 unspecified atom stereocenters. The second-order valence-electron chi connectivity index (χ2n) is 18.0. The molecule has 0 saturated heterocycles. The van der Waals surface area contributed by atoms with Crippen molar-refractivity contribution in [2.24, 2.45) is 5.92 Å². The van der Waals surface area contributed by atoms with E-state index in [0.29, 0.717) is 17.5 Å². The SMILES string of the molecule is CC(C)Cc1cc(-c2[c-]cccc2)nc[c]1[Ge]([CH3])([CH3])[CH3].CC(C)c1cccc2c1oc1n[c-]c(-c3nc4ccccc4n3-c3c(-c4ccccc4)cccc3-c3ccccc3)cc12.[Ir]. The Balaban J connectivity index is 0.000000225. The summed E-state index contributed by atoms with van der Waals surface area (Å²) in [6.07, 6.45) is 6.57. The van der Waals surface area contributed by atoms with Gasteiger partial charge in [-0.3, -0.25) is 4.98 Å². The van der Waals surface area contributed by atoms with Gasteiger partial charge >= 0.3 is 126 Å². The van der Waals surface area contributed by atoms with Crippen LogP contribution in [-0.4, -0.2) is 32.8 Å². The van der Waals surface area contributed by atoms with Crippen molar-refractivity contribution in [2.45, 2.75) is 57.3 Å². The molecule has 0 aliphatic carbocycles. The molecule has 0 spiro atoms. The molecule has 0 saturated carbocycles. The van der Waals surface area contributed by atoms with Gasteiger partial charge in [0.15, 0.2) is 0 Å². The van der Waals surface area contributed by atoms with E-state index in [-0.39, 0.29) is 20.1 Å². The van der Waals surface area contributed by atoms with E-state index in [2.05, 4.69) is 201 Å². The number of pyridine rings is 2. The number of benzene rings is 6. The molecule has 10 aromatic rings. The van der Waals surface area contributed by atoms with Gasteiger partial charge < -0.3 is 14.0 Å². The maximum Gasteiger partial charge on any atom is 0.141 e. The first-order chi connectivity index (χ1) is 30.5. The smallest absolute Gasteiger partial charge is 0.141 e. The van der Waals surface area contributed by atoms with Crippen LogP contribution in [0.2, 0.25) is 17.3 Å². The van der Waals surface area contributed by atoms with Crippen LogP contribution in [-0.2, 0) is 26.5 Å². The number of furan rings is 1. The third kappa shape index (κ3) is 9.05. The second-order valence-corrected chi connectivity index (χ2v) is 28.6. The molecule has 1 radical (unpaired) electrons. The minimum Gasteiger partial charge on any atom is -0.482 e. The Kier molecular flexibility index (Phi) is 13.3. The van der Waals surface area contributed by atoms with E-state index in [1.165, 1.54) is 11.1 Å². The fraction of sp³-hybridized carbons (Fsp3) is 0.175. The van der Waals surface area contributed by atoms with Crippen LogP contribution < -0.4 is 4.40 Å². The summed E-state index contributed by atoms with van der Waals surface area (Å²) in [7, 11) is 0. The van der Waals surface area contributed by atoms with Gasteiger partial charge in [0.05, 0.1) is 22.5 Å². The summed E-state index contributed by atoms with van der Waals surface area (Å²) < 4.78 is 10.1. The predicted octanol–water partition coefficient (Wildman–Crippen LogP) is 14.5. The number of hydrogen-bond donors (Lipinski definition) is 0. The molecule has 10 rings (SSSR count). The summed E-state index contributed by atoms with van der Waals surface area (Å²) in [5, 5.41) is 2.02. The van der Waals surface area contributed by atoms with Crippen molar-refractivity contribution in [3.8, 4) is 50.6 Å². The van der Waals surface area contributed by atoms with E-state index in [9.17, 15) is 0 Å². The summed E-state index contributed by atoms with van der Waals surface area (Å²) in [6, 6.07) is 58.0. The van der Waals surface area contributed by atoms with E-state index in [4.69, 9.17) is 19.4 Å². The van der Waals surface area contributed by atoms with Crippen LogP contribution in [0.15, 0.2) is 168 Å². The van der Waals surface area contributed by atoms with E-state index in [1.807, 2.05) is 24.3 Å². The van der Waals surface area contributed by atoms with Gasteiger partial charge in [-0.2, -0.15) is 0 Å². The summed E-state index contributed by atoms with van der Waals surface area (Å²) in [5.74, 6) is 9.11. The number of rotatable bonds is 9. The zero-order valence-electron chi connectivity index (χ0n) is 37.5. The number of hydrogen-bond acceptors (Lipinski definition) is 4. The van der Waals surface area contributed by atoms with Gasteiger partial charge in [0.25, 0.3) is 0 Å². The largest absolute Gasteiger partial charge is 0.482 e. The minimum absolute atomic E-state index is 0. The third-order valence-corrected chi connectivity index (χ3v) is 15.9. The van der Waals surface area contributed by atoms with Crippen molar-refractivity contribution < 1.29 is 24.5 Å². The molecule has 0 bridgehead atoms.